The molecular formula is C13H10BF3NO. The third kappa shape index (κ3) is 5.37. The van der Waals surface area contributed by atoms with Crippen LogP contribution in [0.2, 0.25) is 0 Å². The molecule has 2 aromatic rings. The van der Waals surface area contributed by atoms with Crippen molar-refractivity contribution in [3.8, 4) is 0 Å². The Bertz CT molecular complexity index is 505. The number of aromatic nitrogens is 1. The van der Waals surface area contributed by atoms with Crippen molar-refractivity contribution in [2.75, 3.05) is 0 Å². The Morgan fingerprint density at radius 3 is 2.26 bits per heavy atom. The normalized spacial score (nSPS) is 9.21. The van der Waals surface area contributed by atoms with E-state index in [-0.39, 0.29) is 18.0 Å². The van der Waals surface area contributed by atoms with E-state index in [9.17, 15) is 17.8 Å². The molecular weight excluding hydrogens is 254 g/mol. The molecule has 97 valence electrons. The van der Waals surface area contributed by atoms with Crippen LogP contribution in [-0.2, 0) is 6.42 Å². The summed E-state index contributed by atoms with van der Waals surface area (Å²) < 4.78 is 31.7. The molecule has 1 aromatic carbocycles. The second-order valence-electron chi connectivity index (χ2n) is 3.51. The maximum Gasteiger partial charge on any atom is 0.577 e. The fourth-order valence-corrected chi connectivity index (χ4v) is 1.41. The van der Waals surface area contributed by atoms with Gasteiger partial charge < -0.3 is 0 Å². The lowest BCUT2D eigenvalue weighted by Gasteiger charge is -2.00. The number of ketones is 1. The molecule has 6 heteroatoms. The first-order chi connectivity index (χ1) is 9.17. The lowest BCUT2D eigenvalue weighted by molar-refractivity contribution is 0.0992. The minimum absolute atomic E-state index is 0.0568. The first-order valence-corrected chi connectivity index (χ1v) is 5.38. The molecule has 0 amide bonds. The number of pyridine rings is 1. The van der Waals surface area contributed by atoms with Crippen LogP contribution in [0.5, 0.6) is 0 Å². The fourth-order valence-electron chi connectivity index (χ4n) is 1.41. The summed E-state index contributed by atoms with van der Waals surface area (Å²) in [6, 6.07) is 11.0. The van der Waals surface area contributed by atoms with Crippen LogP contribution in [0.25, 0.3) is 0 Å². The van der Waals surface area contributed by atoms with E-state index in [4.69, 9.17) is 0 Å². The molecule has 2 rings (SSSR count). The maximum atomic E-state index is 12.7. The molecule has 0 saturated heterocycles. The number of carbonyl (C=O) groups excluding carboxylic acids is 1. The molecule has 1 aromatic heterocycles. The van der Waals surface area contributed by atoms with Crippen LogP contribution in [0.3, 0.4) is 0 Å². The minimum atomic E-state index is -1.00. The molecule has 1 heterocycles. The summed E-state index contributed by atoms with van der Waals surface area (Å²) in [7, 11) is -1.00. The Hall–Kier alpha value is -2.11. The number of rotatable bonds is 3. The third-order valence-corrected chi connectivity index (χ3v) is 2.23. The highest BCUT2D eigenvalue weighted by Crippen LogP contribution is 2.07. The van der Waals surface area contributed by atoms with Crippen LogP contribution in [0.4, 0.5) is 13.0 Å². The average molecular weight is 264 g/mol. The Morgan fingerprint density at radius 1 is 1.11 bits per heavy atom. The summed E-state index contributed by atoms with van der Waals surface area (Å²) in [5.74, 6) is -0.395. The predicted octanol–water partition coefficient (Wildman–Crippen LogP) is 3.11. The van der Waals surface area contributed by atoms with E-state index in [1.165, 1.54) is 24.3 Å². The summed E-state index contributed by atoms with van der Waals surface area (Å²) in [4.78, 5) is 15.8. The van der Waals surface area contributed by atoms with Crippen molar-refractivity contribution in [1.82, 2.24) is 4.98 Å². The van der Waals surface area contributed by atoms with Crippen LogP contribution in [0, 0.1) is 5.82 Å². The molecule has 0 unspecified atom stereocenters. The van der Waals surface area contributed by atoms with Crippen LogP contribution < -0.4 is 0 Å². The zero-order valence-corrected chi connectivity index (χ0v) is 9.89. The van der Waals surface area contributed by atoms with Gasteiger partial charge in [-0.15, -0.1) is 0 Å². The standard InChI is InChI=1S/C13H10FNO.BF2/c14-11-6-4-10(5-7-11)13(16)9-12-3-1-2-8-15-12;2-1-3/h1-8H,9H2;. The molecule has 0 aliphatic carbocycles. The van der Waals surface area contributed by atoms with Gasteiger partial charge in [0.15, 0.2) is 5.78 Å². The number of benzene rings is 1. The number of Topliss-reactive ketones (excluding diaryl/α,β-unsaturated/α-hetero) is 1. The summed E-state index contributed by atoms with van der Waals surface area (Å²) in [5.41, 5.74) is 1.23. The summed E-state index contributed by atoms with van der Waals surface area (Å²) in [5, 5.41) is 0. The van der Waals surface area contributed by atoms with Gasteiger partial charge >= 0.3 is 7.83 Å². The predicted molar refractivity (Wildman–Crippen MR) is 66.6 cm³/mol. The summed E-state index contributed by atoms with van der Waals surface area (Å²) in [6.07, 6.45) is 1.89. The number of carbonyl (C=O) groups is 1. The van der Waals surface area contributed by atoms with E-state index in [1.54, 1.807) is 18.3 Å². The number of hydrogen-bond acceptors (Lipinski definition) is 2. The van der Waals surface area contributed by atoms with Gasteiger partial charge in [-0.05, 0) is 36.4 Å². The van der Waals surface area contributed by atoms with Crippen molar-refractivity contribution in [2.45, 2.75) is 6.42 Å². The monoisotopic (exact) mass is 264 g/mol. The van der Waals surface area contributed by atoms with Crippen LogP contribution in [0.1, 0.15) is 16.1 Å². The fraction of sp³-hybridized carbons (Fsp3) is 0.0769. The van der Waals surface area contributed by atoms with Gasteiger partial charge in [-0.25, -0.2) is 4.39 Å². The zero-order chi connectivity index (χ0) is 14.1. The number of nitrogens with zero attached hydrogens (tertiary/aromatic N) is 1. The second kappa shape index (κ2) is 8.08. The van der Waals surface area contributed by atoms with Gasteiger partial charge in [-0.1, -0.05) is 6.07 Å². The molecule has 2 nitrogen and oxygen atoms in total. The van der Waals surface area contributed by atoms with Crippen molar-refractivity contribution in [2.24, 2.45) is 0 Å². The molecule has 0 N–H and O–H groups in total. The van der Waals surface area contributed by atoms with Gasteiger partial charge in [0.25, 0.3) is 0 Å². The quantitative estimate of drug-likeness (QED) is 0.629. The van der Waals surface area contributed by atoms with E-state index in [1.807, 2.05) is 6.07 Å². The summed E-state index contributed by atoms with van der Waals surface area (Å²) in [6.45, 7) is 0. The van der Waals surface area contributed by atoms with E-state index in [0.29, 0.717) is 5.56 Å². The van der Waals surface area contributed by atoms with E-state index < -0.39 is 7.83 Å². The van der Waals surface area contributed by atoms with Gasteiger partial charge in [0.05, 0.1) is 6.42 Å². The van der Waals surface area contributed by atoms with Crippen molar-refractivity contribution < 1.29 is 17.8 Å². The first-order valence-electron chi connectivity index (χ1n) is 5.38. The third-order valence-electron chi connectivity index (χ3n) is 2.23. The highest BCUT2D eigenvalue weighted by Gasteiger charge is 2.07. The average Bonchev–Trinajstić information content (AvgIpc) is 2.41. The Balaban J connectivity index is 0.000000550. The van der Waals surface area contributed by atoms with Gasteiger partial charge in [0.2, 0.25) is 0 Å². The van der Waals surface area contributed by atoms with Crippen LogP contribution in [0.15, 0.2) is 48.7 Å². The Labute approximate surface area is 109 Å². The molecule has 0 aliphatic rings. The van der Waals surface area contributed by atoms with Crippen LogP contribution >= 0.6 is 0 Å². The van der Waals surface area contributed by atoms with Crippen molar-refractivity contribution >= 4 is 13.6 Å². The molecule has 0 bridgehead atoms. The minimum Gasteiger partial charge on any atom is -0.294 e. The second-order valence-corrected chi connectivity index (χ2v) is 3.51. The van der Waals surface area contributed by atoms with Gasteiger partial charge in [0.1, 0.15) is 5.82 Å². The number of hydrogen-bond donors (Lipinski definition) is 0. The molecule has 19 heavy (non-hydrogen) atoms. The highest BCUT2D eigenvalue weighted by atomic mass is 19.2. The van der Waals surface area contributed by atoms with Crippen LogP contribution in [-0.4, -0.2) is 18.6 Å². The Morgan fingerprint density at radius 2 is 1.74 bits per heavy atom. The first kappa shape index (κ1) is 15.0. The van der Waals surface area contributed by atoms with Gasteiger partial charge in [0, 0.05) is 17.5 Å². The lowest BCUT2D eigenvalue weighted by atomic mass is 10.1. The van der Waals surface area contributed by atoms with Gasteiger partial charge in [-0.2, -0.15) is 0 Å². The van der Waals surface area contributed by atoms with Crippen molar-refractivity contribution in [3.05, 3.63) is 65.7 Å². The molecule has 0 fully saturated rings. The molecule has 1 radical (unpaired) electrons. The Kier molecular flexibility index (Phi) is 6.36. The van der Waals surface area contributed by atoms with Crippen molar-refractivity contribution in [1.29, 1.82) is 0 Å². The highest BCUT2D eigenvalue weighted by molar-refractivity contribution is 6.15. The molecule has 0 spiro atoms. The largest absolute Gasteiger partial charge is 0.577 e. The SMILES string of the molecule is F[B]F.O=C(Cc1ccccn1)c1ccc(F)cc1. The topological polar surface area (TPSA) is 30.0 Å². The summed E-state index contributed by atoms with van der Waals surface area (Å²) >= 11 is 0. The van der Waals surface area contributed by atoms with E-state index in [0.717, 1.165) is 5.69 Å². The lowest BCUT2D eigenvalue weighted by Crippen LogP contribution is -2.04. The molecule has 0 saturated carbocycles. The molecule has 0 aliphatic heterocycles. The zero-order valence-electron chi connectivity index (χ0n) is 9.89. The van der Waals surface area contributed by atoms with E-state index in [2.05, 4.69) is 4.98 Å². The van der Waals surface area contributed by atoms with Crippen molar-refractivity contribution in [3.63, 3.8) is 0 Å². The maximum absolute atomic E-state index is 12.7. The van der Waals surface area contributed by atoms with Gasteiger partial charge in [-0.3, -0.25) is 18.4 Å². The smallest absolute Gasteiger partial charge is 0.294 e. The van der Waals surface area contributed by atoms with E-state index >= 15 is 0 Å². The number of halogens is 3. The molecule has 0 atom stereocenters.